The van der Waals surface area contributed by atoms with Crippen molar-refractivity contribution in [2.24, 2.45) is 0 Å². The number of hydrogen-bond donors (Lipinski definition) is 2. The Morgan fingerprint density at radius 1 is 1.23 bits per heavy atom. The highest BCUT2D eigenvalue weighted by molar-refractivity contribution is 7.13. The van der Waals surface area contributed by atoms with Crippen LogP contribution in [0.15, 0.2) is 35.7 Å². The fourth-order valence-corrected chi connectivity index (χ4v) is 4.32. The maximum Gasteiger partial charge on any atom is 0.340 e. The Morgan fingerprint density at radius 3 is 2.73 bits per heavy atom. The van der Waals surface area contributed by atoms with E-state index in [1.165, 1.54) is 7.11 Å². The average molecular weight is 366 g/mol. The third-order valence-electron chi connectivity index (χ3n) is 4.71. The molecule has 0 radical (unpaired) electrons. The summed E-state index contributed by atoms with van der Waals surface area (Å²) in [5.41, 5.74) is 5.35. The number of esters is 1. The van der Waals surface area contributed by atoms with E-state index >= 15 is 0 Å². The highest BCUT2D eigenvalue weighted by Gasteiger charge is 2.38. The van der Waals surface area contributed by atoms with Gasteiger partial charge in [-0.15, -0.1) is 11.3 Å². The lowest BCUT2D eigenvalue weighted by atomic mass is 9.88. The fourth-order valence-electron chi connectivity index (χ4n) is 3.58. The number of ether oxygens (including phenoxy) is 1. The predicted molar refractivity (Wildman–Crippen MR) is 102 cm³/mol. The number of aryl methyl sites for hydroxylation is 2. The van der Waals surface area contributed by atoms with E-state index in [1.54, 1.807) is 11.3 Å². The molecule has 0 bridgehead atoms. The zero-order chi connectivity index (χ0) is 18.4. The van der Waals surface area contributed by atoms with E-state index in [2.05, 4.69) is 10.3 Å². The van der Waals surface area contributed by atoms with Crippen LogP contribution in [0.2, 0.25) is 0 Å². The molecule has 1 atom stereocenters. The Labute approximate surface area is 155 Å². The van der Waals surface area contributed by atoms with Crippen molar-refractivity contribution in [3.63, 3.8) is 0 Å². The number of rotatable bonds is 3. The van der Waals surface area contributed by atoms with Gasteiger partial charge in [-0.05, 0) is 36.9 Å². The minimum atomic E-state index is -0.555. The van der Waals surface area contributed by atoms with Gasteiger partial charge in [0.05, 0.1) is 29.2 Å². The first kappa shape index (κ1) is 16.6. The lowest BCUT2D eigenvalue weighted by molar-refractivity contribution is -0.116. The average Bonchev–Trinajstić information content (AvgIpc) is 3.31. The quantitative estimate of drug-likeness (QED) is 0.682. The van der Waals surface area contributed by atoms with Crippen LogP contribution in [0.3, 0.4) is 0 Å². The second-order valence-electron chi connectivity index (χ2n) is 6.40. The number of carbonyl (C=O) groups is 2. The van der Waals surface area contributed by atoms with Crippen molar-refractivity contribution in [2.75, 3.05) is 12.4 Å². The van der Waals surface area contributed by atoms with E-state index in [1.807, 2.05) is 49.6 Å². The largest absolute Gasteiger partial charge is 0.465 e. The summed E-state index contributed by atoms with van der Waals surface area (Å²) < 4.78 is 5.01. The smallest absolute Gasteiger partial charge is 0.340 e. The first-order valence-corrected chi connectivity index (χ1v) is 9.15. The summed E-state index contributed by atoms with van der Waals surface area (Å²) in [5.74, 6) is -1.13. The first-order valence-electron chi connectivity index (χ1n) is 8.27. The predicted octanol–water partition coefficient (Wildman–Crippen LogP) is 4.23. The van der Waals surface area contributed by atoms with E-state index in [-0.39, 0.29) is 5.91 Å². The van der Waals surface area contributed by atoms with Gasteiger partial charge in [0, 0.05) is 16.9 Å². The van der Waals surface area contributed by atoms with Gasteiger partial charge in [0.1, 0.15) is 0 Å². The number of carbonyl (C=O) groups excluding carboxylic acids is 2. The zero-order valence-corrected chi connectivity index (χ0v) is 15.5. The molecule has 6 heteroatoms. The van der Waals surface area contributed by atoms with E-state index in [0.29, 0.717) is 16.8 Å². The molecule has 2 aromatic heterocycles. The first-order chi connectivity index (χ1) is 12.5. The number of hydrogen-bond acceptors (Lipinski definition) is 4. The van der Waals surface area contributed by atoms with Crippen LogP contribution in [-0.4, -0.2) is 24.0 Å². The summed E-state index contributed by atoms with van der Waals surface area (Å²) in [5, 5.41) is 4.91. The molecule has 1 unspecified atom stereocenters. The molecule has 0 fully saturated rings. The number of thiophene rings is 1. The lowest BCUT2D eigenvalue weighted by Crippen LogP contribution is -2.17. The maximum atomic E-state index is 12.9. The molecular weight excluding hydrogens is 348 g/mol. The van der Waals surface area contributed by atoms with Crippen LogP contribution in [0.25, 0.3) is 10.6 Å². The van der Waals surface area contributed by atoms with Gasteiger partial charge in [-0.2, -0.15) is 0 Å². The molecule has 4 rings (SSSR count). The number of amides is 1. The van der Waals surface area contributed by atoms with Crippen LogP contribution in [0.1, 0.15) is 38.7 Å². The van der Waals surface area contributed by atoms with Crippen LogP contribution in [-0.2, 0) is 9.53 Å². The van der Waals surface area contributed by atoms with Crippen molar-refractivity contribution in [1.29, 1.82) is 0 Å². The Bertz CT molecular complexity index is 1020. The number of aromatic nitrogens is 1. The molecule has 1 aromatic carbocycles. The Hall–Kier alpha value is -2.86. The highest BCUT2D eigenvalue weighted by Crippen LogP contribution is 2.44. The van der Waals surface area contributed by atoms with Crippen molar-refractivity contribution in [2.45, 2.75) is 19.8 Å². The fraction of sp³-hybridized carbons (Fsp3) is 0.200. The monoisotopic (exact) mass is 366 g/mol. The molecule has 0 saturated heterocycles. The van der Waals surface area contributed by atoms with Crippen molar-refractivity contribution in [3.8, 4) is 10.6 Å². The number of anilines is 1. The molecule has 132 valence electrons. The molecule has 3 heterocycles. The number of H-pyrrole nitrogens is 1. The van der Waals surface area contributed by atoms with Gasteiger partial charge in [0.15, 0.2) is 0 Å². The van der Waals surface area contributed by atoms with Gasteiger partial charge in [0.2, 0.25) is 5.91 Å². The molecule has 1 amide bonds. The van der Waals surface area contributed by atoms with E-state index < -0.39 is 11.9 Å². The molecule has 0 saturated carbocycles. The third kappa shape index (κ3) is 2.45. The van der Waals surface area contributed by atoms with Gasteiger partial charge in [-0.1, -0.05) is 23.8 Å². The van der Waals surface area contributed by atoms with Crippen molar-refractivity contribution in [1.82, 2.24) is 4.98 Å². The molecule has 26 heavy (non-hydrogen) atoms. The molecule has 0 aliphatic carbocycles. The van der Waals surface area contributed by atoms with Gasteiger partial charge in [-0.3, -0.25) is 4.79 Å². The zero-order valence-electron chi connectivity index (χ0n) is 14.7. The number of fused-ring (bicyclic) bond motifs is 1. The van der Waals surface area contributed by atoms with Gasteiger partial charge in [-0.25, -0.2) is 4.79 Å². The number of aromatic amines is 1. The Balaban J connectivity index is 2.01. The summed E-state index contributed by atoms with van der Waals surface area (Å²) in [6, 6.07) is 9.80. The van der Waals surface area contributed by atoms with Crippen LogP contribution >= 0.6 is 11.3 Å². The Kier molecular flexibility index (Phi) is 3.92. The van der Waals surface area contributed by atoms with Crippen LogP contribution in [0.4, 0.5) is 5.69 Å². The third-order valence-corrected chi connectivity index (χ3v) is 5.60. The van der Waals surface area contributed by atoms with Crippen molar-refractivity contribution in [3.05, 3.63) is 63.7 Å². The molecular formula is C20H18N2O3S. The molecule has 2 N–H and O–H groups in total. The van der Waals surface area contributed by atoms with Gasteiger partial charge < -0.3 is 15.0 Å². The van der Waals surface area contributed by atoms with E-state index in [9.17, 15) is 9.59 Å². The van der Waals surface area contributed by atoms with Crippen LogP contribution in [0.5, 0.6) is 0 Å². The SMILES string of the molecule is COC(=O)c1c(C)[nH]c(-c2cccs2)c1C1C(=O)Nc2ccc(C)cc21. The number of methoxy groups -OCH3 is 1. The summed E-state index contributed by atoms with van der Waals surface area (Å²) in [6.07, 6.45) is 0. The molecule has 5 nitrogen and oxygen atoms in total. The maximum absolute atomic E-state index is 12.9. The standard InChI is InChI=1S/C20H18N2O3S/c1-10-6-7-13-12(9-10)16(19(23)22-13)17-15(20(24)25-3)11(2)21-18(17)14-5-4-8-26-14/h4-9,16,21H,1-3H3,(H,22,23). The summed E-state index contributed by atoms with van der Waals surface area (Å²) in [6.45, 7) is 3.82. The van der Waals surface area contributed by atoms with E-state index in [4.69, 9.17) is 4.74 Å². The Morgan fingerprint density at radius 2 is 2.04 bits per heavy atom. The summed E-state index contributed by atoms with van der Waals surface area (Å²) >= 11 is 1.56. The highest BCUT2D eigenvalue weighted by atomic mass is 32.1. The normalized spacial score (nSPS) is 15.7. The molecule has 1 aliphatic rings. The lowest BCUT2D eigenvalue weighted by Gasteiger charge is -2.13. The van der Waals surface area contributed by atoms with Crippen molar-refractivity contribution >= 4 is 28.9 Å². The van der Waals surface area contributed by atoms with Crippen LogP contribution in [0, 0.1) is 13.8 Å². The van der Waals surface area contributed by atoms with Crippen LogP contribution < -0.4 is 5.32 Å². The summed E-state index contributed by atoms with van der Waals surface area (Å²) in [4.78, 5) is 29.7. The second kappa shape index (κ2) is 6.14. The summed E-state index contributed by atoms with van der Waals surface area (Å²) in [7, 11) is 1.36. The van der Waals surface area contributed by atoms with Gasteiger partial charge >= 0.3 is 5.97 Å². The van der Waals surface area contributed by atoms with E-state index in [0.717, 1.165) is 27.4 Å². The number of nitrogens with one attached hydrogen (secondary N) is 2. The van der Waals surface area contributed by atoms with Crippen molar-refractivity contribution < 1.29 is 14.3 Å². The molecule has 1 aliphatic heterocycles. The van der Waals surface area contributed by atoms with Gasteiger partial charge in [0.25, 0.3) is 0 Å². The topological polar surface area (TPSA) is 71.2 Å². The number of benzene rings is 1. The molecule has 3 aromatic rings. The minimum absolute atomic E-state index is 0.132. The minimum Gasteiger partial charge on any atom is -0.465 e. The molecule has 0 spiro atoms. The second-order valence-corrected chi connectivity index (χ2v) is 7.34.